The van der Waals surface area contributed by atoms with Crippen LogP contribution in [-0.4, -0.2) is 21.4 Å². The van der Waals surface area contributed by atoms with Gasteiger partial charge in [0.1, 0.15) is 5.69 Å². The Bertz CT molecular complexity index is 592. The largest absolute Gasteiger partial charge is 0.379 e. The smallest absolute Gasteiger partial charge is 0.306 e. The highest BCUT2D eigenvalue weighted by atomic mass is 32.2. The fraction of sp³-hybridized carbons (Fsp3) is 0.231. The second kappa shape index (κ2) is 6.85. The Morgan fingerprint density at radius 1 is 1.30 bits per heavy atom. The molecule has 0 aliphatic heterocycles. The molecule has 1 aromatic heterocycles. The monoisotopic (exact) mass is 290 g/mol. The van der Waals surface area contributed by atoms with Gasteiger partial charge in [0.25, 0.3) is 0 Å². The summed E-state index contributed by atoms with van der Waals surface area (Å²) in [5.41, 5.74) is 0.594. The summed E-state index contributed by atoms with van der Waals surface area (Å²) in [7, 11) is 0. The zero-order chi connectivity index (χ0) is 14.4. The molecule has 0 radical (unpaired) electrons. The number of para-hydroxylation sites is 1. The van der Waals surface area contributed by atoms with Crippen molar-refractivity contribution < 1.29 is 4.92 Å². The molecular weight excluding hydrogens is 276 g/mol. The van der Waals surface area contributed by atoms with Gasteiger partial charge in [-0.3, -0.25) is 10.1 Å². The predicted octanol–water partition coefficient (Wildman–Crippen LogP) is 3.36. The van der Waals surface area contributed by atoms with Crippen molar-refractivity contribution in [3.8, 4) is 0 Å². The Balaban J connectivity index is 2.34. The zero-order valence-corrected chi connectivity index (χ0v) is 11.8. The highest BCUT2D eigenvalue weighted by molar-refractivity contribution is 7.99. The maximum absolute atomic E-state index is 11.3. The van der Waals surface area contributed by atoms with Crippen LogP contribution in [0.15, 0.2) is 46.7 Å². The first kappa shape index (κ1) is 14.3. The lowest BCUT2D eigenvalue weighted by Gasteiger charge is -2.08. The van der Waals surface area contributed by atoms with Gasteiger partial charge in [-0.1, -0.05) is 13.0 Å². The quantitative estimate of drug-likeness (QED) is 0.499. The summed E-state index contributed by atoms with van der Waals surface area (Å²) in [6.07, 6.45) is 4.12. The molecule has 2 rings (SSSR count). The number of aromatic nitrogens is 2. The van der Waals surface area contributed by atoms with Crippen LogP contribution in [0.25, 0.3) is 0 Å². The molecule has 0 saturated heterocycles. The number of nitro benzene ring substituents is 1. The average molecular weight is 290 g/mol. The van der Waals surface area contributed by atoms with Crippen molar-refractivity contribution in [2.75, 3.05) is 11.9 Å². The number of hydrogen-bond acceptors (Lipinski definition) is 6. The molecule has 2 aromatic rings. The van der Waals surface area contributed by atoms with Crippen LogP contribution in [0.1, 0.15) is 13.3 Å². The van der Waals surface area contributed by atoms with Gasteiger partial charge < -0.3 is 5.32 Å². The van der Waals surface area contributed by atoms with Gasteiger partial charge in [0, 0.05) is 18.9 Å². The Morgan fingerprint density at radius 2 is 2.05 bits per heavy atom. The number of nitrogens with zero attached hydrogens (tertiary/aromatic N) is 3. The Kier molecular flexibility index (Phi) is 4.89. The maximum atomic E-state index is 11.3. The number of anilines is 1. The van der Waals surface area contributed by atoms with Crippen molar-refractivity contribution in [3.63, 3.8) is 0 Å². The third-order valence-electron chi connectivity index (χ3n) is 2.49. The highest BCUT2D eigenvalue weighted by Gasteiger charge is 2.20. The maximum Gasteiger partial charge on any atom is 0.306 e. The summed E-state index contributed by atoms with van der Waals surface area (Å²) in [5, 5.41) is 14.9. The van der Waals surface area contributed by atoms with Crippen LogP contribution in [0.5, 0.6) is 0 Å². The summed E-state index contributed by atoms with van der Waals surface area (Å²) in [5.74, 6) is 0. The fourth-order valence-electron chi connectivity index (χ4n) is 1.63. The van der Waals surface area contributed by atoms with E-state index in [9.17, 15) is 10.1 Å². The van der Waals surface area contributed by atoms with Gasteiger partial charge in [0.2, 0.25) is 0 Å². The second-order valence-electron chi connectivity index (χ2n) is 3.97. The number of nitrogens with one attached hydrogen (secondary N) is 1. The van der Waals surface area contributed by atoms with Crippen molar-refractivity contribution in [3.05, 3.63) is 46.8 Å². The van der Waals surface area contributed by atoms with Crippen LogP contribution < -0.4 is 5.32 Å². The molecule has 7 heteroatoms. The van der Waals surface area contributed by atoms with Crippen LogP contribution in [0, 0.1) is 10.1 Å². The molecule has 0 spiro atoms. The van der Waals surface area contributed by atoms with E-state index in [1.807, 2.05) is 6.92 Å². The molecule has 0 fully saturated rings. The molecule has 0 aliphatic rings. The topological polar surface area (TPSA) is 81.0 Å². The van der Waals surface area contributed by atoms with Gasteiger partial charge in [-0.2, -0.15) is 0 Å². The number of rotatable bonds is 6. The molecule has 20 heavy (non-hydrogen) atoms. The van der Waals surface area contributed by atoms with E-state index in [-0.39, 0.29) is 10.6 Å². The van der Waals surface area contributed by atoms with Crippen molar-refractivity contribution in [2.24, 2.45) is 0 Å². The minimum absolute atomic E-state index is 0.0680. The van der Waals surface area contributed by atoms with Crippen LogP contribution in [0.4, 0.5) is 11.4 Å². The van der Waals surface area contributed by atoms with Crippen molar-refractivity contribution in [1.82, 2.24) is 9.97 Å². The summed E-state index contributed by atoms with van der Waals surface area (Å²) in [6, 6.07) is 6.91. The second-order valence-corrected chi connectivity index (χ2v) is 4.98. The van der Waals surface area contributed by atoms with E-state index in [0.717, 1.165) is 6.42 Å². The molecule has 0 aliphatic carbocycles. The number of benzene rings is 1. The molecule has 6 nitrogen and oxygen atoms in total. The van der Waals surface area contributed by atoms with Gasteiger partial charge >= 0.3 is 5.69 Å². The molecule has 0 unspecified atom stereocenters. The zero-order valence-electron chi connectivity index (χ0n) is 10.9. The molecule has 1 aromatic carbocycles. The third kappa shape index (κ3) is 3.45. The number of hydrogen-bond donors (Lipinski definition) is 1. The van der Waals surface area contributed by atoms with E-state index >= 15 is 0 Å². The summed E-state index contributed by atoms with van der Waals surface area (Å²) >= 11 is 1.19. The molecule has 1 N–H and O–H groups in total. The molecule has 0 saturated carbocycles. The van der Waals surface area contributed by atoms with Gasteiger partial charge in [-0.05, 0) is 36.4 Å². The van der Waals surface area contributed by atoms with Crippen molar-refractivity contribution in [1.29, 1.82) is 0 Å². The first-order chi connectivity index (χ1) is 9.72. The van der Waals surface area contributed by atoms with Gasteiger partial charge in [-0.15, -0.1) is 0 Å². The van der Waals surface area contributed by atoms with E-state index in [1.165, 1.54) is 11.8 Å². The normalized spacial score (nSPS) is 10.2. The average Bonchev–Trinajstić information content (AvgIpc) is 2.46. The Morgan fingerprint density at radius 3 is 2.70 bits per heavy atom. The van der Waals surface area contributed by atoms with Crippen LogP contribution in [-0.2, 0) is 0 Å². The minimum Gasteiger partial charge on any atom is -0.379 e. The van der Waals surface area contributed by atoms with E-state index in [4.69, 9.17) is 0 Å². The van der Waals surface area contributed by atoms with Crippen LogP contribution in [0.2, 0.25) is 0 Å². The number of nitro groups is 1. The van der Waals surface area contributed by atoms with E-state index < -0.39 is 0 Å². The lowest BCUT2D eigenvalue weighted by molar-refractivity contribution is -0.386. The molecule has 104 valence electrons. The summed E-state index contributed by atoms with van der Waals surface area (Å²) < 4.78 is 0. The SMILES string of the molecule is CCCNc1cccc(Sc2ncccn2)c1[N+](=O)[O-]. The van der Waals surface area contributed by atoms with Crippen molar-refractivity contribution in [2.45, 2.75) is 23.4 Å². The minimum atomic E-state index is -0.372. The molecule has 0 atom stereocenters. The summed E-state index contributed by atoms with van der Waals surface area (Å²) in [4.78, 5) is 19.6. The lowest BCUT2D eigenvalue weighted by Crippen LogP contribution is -2.04. The van der Waals surface area contributed by atoms with Gasteiger partial charge in [0.05, 0.1) is 9.82 Å². The van der Waals surface area contributed by atoms with Crippen LogP contribution in [0.3, 0.4) is 0 Å². The Labute approximate surface area is 120 Å². The molecule has 1 heterocycles. The van der Waals surface area contributed by atoms with Crippen molar-refractivity contribution >= 4 is 23.1 Å². The lowest BCUT2D eigenvalue weighted by atomic mass is 10.2. The first-order valence-electron chi connectivity index (χ1n) is 6.18. The highest BCUT2D eigenvalue weighted by Crippen LogP contribution is 2.37. The molecule has 0 bridgehead atoms. The summed E-state index contributed by atoms with van der Waals surface area (Å²) in [6.45, 7) is 2.70. The van der Waals surface area contributed by atoms with Gasteiger partial charge in [-0.25, -0.2) is 9.97 Å². The van der Waals surface area contributed by atoms with E-state index in [0.29, 0.717) is 22.3 Å². The Hall–Kier alpha value is -2.15. The predicted molar refractivity (Wildman–Crippen MR) is 78.0 cm³/mol. The van der Waals surface area contributed by atoms with Gasteiger partial charge in [0.15, 0.2) is 5.16 Å². The fourth-order valence-corrected chi connectivity index (χ4v) is 2.48. The van der Waals surface area contributed by atoms with E-state index in [2.05, 4.69) is 15.3 Å². The van der Waals surface area contributed by atoms with Crippen LogP contribution >= 0.6 is 11.8 Å². The van der Waals surface area contributed by atoms with E-state index in [1.54, 1.807) is 36.7 Å². The third-order valence-corrected chi connectivity index (χ3v) is 3.43. The first-order valence-corrected chi connectivity index (χ1v) is 7.00. The molecular formula is C13H14N4O2S. The standard InChI is InChI=1S/C13H14N4O2S/c1-2-7-14-10-5-3-6-11(12(10)17(18)19)20-13-15-8-4-9-16-13/h3-6,8-9,14H,2,7H2,1H3. The molecule has 0 amide bonds.